The van der Waals surface area contributed by atoms with E-state index in [4.69, 9.17) is 4.42 Å². The van der Waals surface area contributed by atoms with Gasteiger partial charge in [0.25, 0.3) is 0 Å². The largest absolute Gasteiger partial charge is 0.420 e. The summed E-state index contributed by atoms with van der Waals surface area (Å²) in [7, 11) is -2.17. The molecule has 0 bridgehead atoms. The molecule has 3 aromatic carbocycles. The maximum atomic E-state index is 12.8. The van der Waals surface area contributed by atoms with E-state index < -0.39 is 21.7 Å². The number of fused-ring (bicyclic) bond motifs is 1. The Morgan fingerprint density at radius 1 is 0.969 bits per heavy atom. The van der Waals surface area contributed by atoms with Crippen molar-refractivity contribution < 1.29 is 17.6 Å². The summed E-state index contributed by atoms with van der Waals surface area (Å²) in [5.41, 5.74) is 2.22. The summed E-state index contributed by atoms with van der Waals surface area (Å²) in [6.45, 7) is 0.0186. The molecular formula is C23H21N3O5S. The average molecular weight is 452 g/mol. The SMILES string of the molecule is CN(Cc1ccccc1)S(=O)(=O)c1ccc(NC(=O)Cn2c(=O)oc3ccccc32)cc1. The van der Waals surface area contributed by atoms with Gasteiger partial charge in [-0.3, -0.25) is 9.36 Å². The quantitative estimate of drug-likeness (QED) is 0.465. The zero-order valence-electron chi connectivity index (χ0n) is 17.3. The average Bonchev–Trinajstić information content (AvgIpc) is 3.10. The van der Waals surface area contributed by atoms with Crippen LogP contribution in [0.4, 0.5) is 5.69 Å². The summed E-state index contributed by atoms with van der Waals surface area (Å²) < 4.78 is 33.3. The second-order valence-electron chi connectivity index (χ2n) is 7.24. The van der Waals surface area contributed by atoms with Crippen LogP contribution in [0.3, 0.4) is 0 Å². The molecule has 164 valence electrons. The third kappa shape index (κ3) is 4.48. The van der Waals surface area contributed by atoms with Gasteiger partial charge in [-0.25, -0.2) is 13.2 Å². The number of carbonyl (C=O) groups excluding carboxylic acids is 1. The van der Waals surface area contributed by atoms with Gasteiger partial charge in [-0.1, -0.05) is 42.5 Å². The molecule has 1 aromatic heterocycles. The number of amides is 1. The number of hydrogen-bond acceptors (Lipinski definition) is 5. The normalized spacial score (nSPS) is 11.7. The van der Waals surface area contributed by atoms with Gasteiger partial charge in [0.1, 0.15) is 6.54 Å². The molecule has 4 rings (SSSR count). The summed E-state index contributed by atoms with van der Waals surface area (Å²) >= 11 is 0. The van der Waals surface area contributed by atoms with Gasteiger partial charge in [-0.2, -0.15) is 4.31 Å². The van der Waals surface area contributed by atoms with Gasteiger partial charge < -0.3 is 9.73 Å². The Hall–Kier alpha value is -3.69. The Kier molecular flexibility index (Phi) is 5.93. The van der Waals surface area contributed by atoms with Crippen molar-refractivity contribution in [2.24, 2.45) is 0 Å². The first-order chi connectivity index (χ1) is 15.3. The fourth-order valence-electron chi connectivity index (χ4n) is 3.32. The molecule has 0 aliphatic heterocycles. The highest BCUT2D eigenvalue weighted by atomic mass is 32.2. The monoisotopic (exact) mass is 451 g/mol. The topological polar surface area (TPSA) is 102 Å². The van der Waals surface area contributed by atoms with Crippen LogP contribution in [-0.4, -0.2) is 30.2 Å². The van der Waals surface area contributed by atoms with E-state index in [2.05, 4.69) is 5.32 Å². The lowest BCUT2D eigenvalue weighted by atomic mass is 10.2. The lowest BCUT2D eigenvalue weighted by molar-refractivity contribution is -0.116. The minimum Gasteiger partial charge on any atom is -0.408 e. The number of nitrogens with zero attached hydrogens (tertiary/aromatic N) is 2. The molecule has 0 radical (unpaired) electrons. The molecule has 1 heterocycles. The smallest absolute Gasteiger partial charge is 0.408 e. The Morgan fingerprint density at radius 3 is 2.34 bits per heavy atom. The van der Waals surface area contributed by atoms with Crippen LogP contribution < -0.4 is 11.1 Å². The first-order valence-corrected chi connectivity index (χ1v) is 11.3. The first kappa shape index (κ1) is 21.5. The molecule has 0 aliphatic rings. The number of benzene rings is 3. The van der Waals surface area contributed by atoms with E-state index in [-0.39, 0.29) is 18.0 Å². The highest BCUT2D eigenvalue weighted by Gasteiger charge is 2.21. The Labute approximate surface area is 184 Å². The molecule has 4 aromatic rings. The second kappa shape index (κ2) is 8.81. The van der Waals surface area contributed by atoms with E-state index in [1.54, 1.807) is 24.3 Å². The van der Waals surface area contributed by atoms with Crippen LogP contribution in [0.5, 0.6) is 0 Å². The van der Waals surface area contributed by atoms with Crippen LogP contribution in [0.1, 0.15) is 5.56 Å². The van der Waals surface area contributed by atoms with Crippen LogP contribution in [0.2, 0.25) is 0 Å². The van der Waals surface area contributed by atoms with E-state index in [1.165, 1.54) is 40.2 Å². The molecule has 0 spiro atoms. The van der Waals surface area contributed by atoms with Gasteiger partial charge in [-0.15, -0.1) is 0 Å². The van der Waals surface area contributed by atoms with Crippen molar-refractivity contribution in [3.8, 4) is 0 Å². The predicted octanol–water partition coefficient (Wildman–Crippen LogP) is 3.05. The van der Waals surface area contributed by atoms with Gasteiger partial charge in [0, 0.05) is 19.3 Å². The van der Waals surface area contributed by atoms with Gasteiger partial charge in [0.05, 0.1) is 10.4 Å². The molecule has 32 heavy (non-hydrogen) atoms. The first-order valence-electron chi connectivity index (χ1n) is 9.83. The van der Waals surface area contributed by atoms with Crippen molar-refractivity contribution in [1.29, 1.82) is 0 Å². The summed E-state index contributed by atoms with van der Waals surface area (Å²) in [6, 6.07) is 22.0. The number of hydrogen-bond donors (Lipinski definition) is 1. The van der Waals surface area contributed by atoms with Crippen LogP contribution in [0, 0.1) is 0 Å². The molecule has 0 unspecified atom stereocenters. The van der Waals surface area contributed by atoms with Crippen LogP contribution in [0.15, 0.2) is 93.0 Å². The van der Waals surface area contributed by atoms with Crippen molar-refractivity contribution in [2.75, 3.05) is 12.4 Å². The maximum absolute atomic E-state index is 12.8. The van der Waals surface area contributed by atoms with Crippen LogP contribution in [0.25, 0.3) is 11.1 Å². The number of anilines is 1. The van der Waals surface area contributed by atoms with Crippen LogP contribution in [-0.2, 0) is 27.9 Å². The van der Waals surface area contributed by atoms with Crippen molar-refractivity contribution in [3.05, 3.63) is 95.0 Å². The number of para-hydroxylation sites is 2. The number of sulfonamides is 1. The summed E-state index contributed by atoms with van der Waals surface area (Å²) in [4.78, 5) is 24.6. The zero-order chi connectivity index (χ0) is 22.7. The highest BCUT2D eigenvalue weighted by molar-refractivity contribution is 7.89. The molecule has 0 saturated heterocycles. The molecule has 0 fully saturated rings. The molecule has 0 saturated carbocycles. The highest BCUT2D eigenvalue weighted by Crippen LogP contribution is 2.19. The Bertz CT molecular complexity index is 1410. The summed E-state index contributed by atoms with van der Waals surface area (Å²) in [5.74, 6) is -1.06. The lowest BCUT2D eigenvalue weighted by Gasteiger charge is -2.17. The molecule has 0 aliphatic carbocycles. The number of oxazole rings is 1. The van der Waals surface area contributed by atoms with Gasteiger partial charge in [0.15, 0.2) is 5.58 Å². The zero-order valence-corrected chi connectivity index (χ0v) is 18.1. The Morgan fingerprint density at radius 2 is 1.62 bits per heavy atom. The van der Waals surface area contributed by atoms with Crippen molar-refractivity contribution >= 4 is 32.7 Å². The van der Waals surface area contributed by atoms with E-state index in [9.17, 15) is 18.0 Å². The lowest BCUT2D eigenvalue weighted by Crippen LogP contribution is -2.26. The van der Waals surface area contributed by atoms with Gasteiger partial charge >= 0.3 is 5.76 Å². The minimum absolute atomic E-state index is 0.117. The third-order valence-electron chi connectivity index (χ3n) is 4.97. The number of nitrogens with one attached hydrogen (secondary N) is 1. The molecule has 1 N–H and O–H groups in total. The fraction of sp³-hybridized carbons (Fsp3) is 0.130. The number of rotatable bonds is 7. The van der Waals surface area contributed by atoms with E-state index in [0.717, 1.165) is 5.56 Å². The second-order valence-corrected chi connectivity index (χ2v) is 9.29. The van der Waals surface area contributed by atoms with E-state index >= 15 is 0 Å². The maximum Gasteiger partial charge on any atom is 0.420 e. The summed E-state index contributed by atoms with van der Waals surface area (Å²) in [5, 5.41) is 2.67. The van der Waals surface area contributed by atoms with Gasteiger partial charge in [0.2, 0.25) is 15.9 Å². The molecule has 1 amide bonds. The van der Waals surface area contributed by atoms with Gasteiger partial charge in [-0.05, 0) is 42.0 Å². The van der Waals surface area contributed by atoms with Crippen molar-refractivity contribution in [1.82, 2.24) is 8.87 Å². The minimum atomic E-state index is -3.69. The molecule has 0 atom stereocenters. The standard InChI is InChI=1S/C23H21N3O5S/c1-25(15-17-7-3-2-4-8-17)32(29,30)19-13-11-18(12-14-19)24-22(27)16-26-20-9-5-6-10-21(20)31-23(26)28/h2-14H,15-16H2,1H3,(H,24,27). The molecule has 9 heteroatoms. The molecule has 8 nitrogen and oxygen atoms in total. The number of aromatic nitrogens is 1. The number of carbonyl (C=O) groups is 1. The van der Waals surface area contributed by atoms with E-state index in [1.807, 2.05) is 30.3 Å². The summed E-state index contributed by atoms with van der Waals surface area (Å²) in [6.07, 6.45) is 0. The van der Waals surface area contributed by atoms with Crippen molar-refractivity contribution in [3.63, 3.8) is 0 Å². The van der Waals surface area contributed by atoms with Crippen LogP contribution >= 0.6 is 0 Å². The fourth-order valence-corrected chi connectivity index (χ4v) is 4.48. The molecular weight excluding hydrogens is 430 g/mol. The Balaban J connectivity index is 1.44. The van der Waals surface area contributed by atoms with Crippen molar-refractivity contribution in [2.45, 2.75) is 18.0 Å². The predicted molar refractivity (Wildman–Crippen MR) is 121 cm³/mol. The third-order valence-corrected chi connectivity index (χ3v) is 6.79. The van der Waals surface area contributed by atoms with E-state index in [0.29, 0.717) is 16.8 Å².